The SMILES string of the molecule is COc1ccc(CNC(=O)c2cc(F)c(F)c(F)c2N)cc1. The van der Waals surface area contributed by atoms with Crippen LogP contribution in [0.2, 0.25) is 0 Å². The zero-order chi connectivity index (χ0) is 16.3. The van der Waals surface area contributed by atoms with Crippen LogP contribution in [0.15, 0.2) is 30.3 Å². The van der Waals surface area contributed by atoms with E-state index in [0.717, 1.165) is 5.56 Å². The monoisotopic (exact) mass is 310 g/mol. The lowest BCUT2D eigenvalue weighted by Crippen LogP contribution is -2.24. The topological polar surface area (TPSA) is 64.3 Å². The van der Waals surface area contributed by atoms with Gasteiger partial charge in [0, 0.05) is 6.54 Å². The Labute approximate surface area is 124 Å². The third-order valence-corrected chi connectivity index (χ3v) is 3.06. The molecule has 0 saturated heterocycles. The van der Waals surface area contributed by atoms with E-state index in [-0.39, 0.29) is 6.54 Å². The number of halogens is 3. The summed E-state index contributed by atoms with van der Waals surface area (Å²) in [6.45, 7) is 0.114. The van der Waals surface area contributed by atoms with Gasteiger partial charge in [0.2, 0.25) is 0 Å². The normalized spacial score (nSPS) is 10.4. The standard InChI is InChI=1S/C15H13F3N2O2/c1-22-9-4-2-8(3-5-9)7-20-15(21)10-6-11(16)12(17)13(18)14(10)19/h2-6H,7,19H2,1H3,(H,20,21). The molecule has 3 N–H and O–H groups in total. The number of rotatable bonds is 4. The molecule has 0 aliphatic rings. The largest absolute Gasteiger partial charge is 0.497 e. The van der Waals surface area contributed by atoms with E-state index < -0.39 is 34.6 Å². The number of carbonyl (C=O) groups is 1. The van der Waals surface area contributed by atoms with Crippen molar-refractivity contribution in [3.05, 3.63) is 58.9 Å². The number of benzene rings is 2. The van der Waals surface area contributed by atoms with Gasteiger partial charge in [0.15, 0.2) is 17.5 Å². The minimum absolute atomic E-state index is 0.114. The van der Waals surface area contributed by atoms with Crippen molar-refractivity contribution in [3.8, 4) is 5.75 Å². The number of nitrogen functional groups attached to an aromatic ring is 1. The van der Waals surface area contributed by atoms with Gasteiger partial charge in [0.05, 0.1) is 18.4 Å². The fraction of sp³-hybridized carbons (Fsp3) is 0.133. The highest BCUT2D eigenvalue weighted by Gasteiger charge is 2.20. The van der Waals surface area contributed by atoms with Gasteiger partial charge in [0.1, 0.15) is 5.75 Å². The van der Waals surface area contributed by atoms with Crippen molar-refractivity contribution < 1.29 is 22.7 Å². The third kappa shape index (κ3) is 3.13. The van der Waals surface area contributed by atoms with Crippen LogP contribution in [-0.4, -0.2) is 13.0 Å². The molecule has 0 fully saturated rings. The second-order valence-electron chi connectivity index (χ2n) is 4.48. The van der Waals surface area contributed by atoms with Crippen LogP contribution in [0.1, 0.15) is 15.9 Å². The maximum atomic E-state index is 13.3. The predicted molar refractivity (Wildman–Crippen MR) is 74.9 cm³/mol. The highest BCUT2D eigenvalue weighted by molar-refractivity contribution is 5.99. The van der Waals surface area contributed by atoms with Crippen LogP contribution >= 0.6 is 0 Å². The van der Waals surface area contributed by atoms with Crippen molar-refractivity contribution >= 4 is 11.6 Å². The van der Waals surface area contributed by atoms with Gasteiger partial charge >= 0.3 is 0 Å². The molecular formula is C15H13F3N2O2. The van der Waals surface area contributed by atoms with Crippen LogP contribution in [0.4, 0.5) is 18.9 Å². The van der Waals surface area contributed by atoms with E-state index in [0.29, 0.717) is 11.8 Å². The zero-order valence-electron chi connectivity index (χ0n) is 11.6. The van der Waals surface area contributed by atoms with Crippen LogP contribution in [0.25, 0.3) is 0 Å². The number of ether oxygens (including phenoxy) is 1. The summed E-state index contributed by atoms with van der Waals surface area (Å²) >= 11 is 0. The molecule has 7 heteroatoms. The summed E-state index contributed by atoms with van der Waals surface area (Å²) in [5.74, 6) is -4.90. The van der Waals surface area contributed by atoms with Crippen LogP contribution in [0.3, 0.4) is 0 Å². The lowest BCUT2D eigenvalue weighted by atomic mass is 10.1. The van der Waals surface area contributed by atoms with Gasteiger partial charge in [-0.2, -0.15) is 0 Å². The summed E-state index contributed by atoms with van der Waals surface area (Å²) < 4.78 is 44.5. The first-order valence-electron chi connectivity index (χ1n) is 6.28. The molecule has 116 valence electrons. The van der Waals surface area contributed by atoms with Gasteiger partial charge in [0.25, 0.3) is 5.91 Å². The Bertz CT molecular complexity index is 703. The fourth-order valence-corrected chi connectivity index (χ4v) is 1.82. The molecule has 2 aromatic carbocycles. The van der Waals surface area contributed by atoms with E-state index in [1.807, 2.05) is 0 Å². The predicted octanol–water partition coefficient (Wildman–Crippen LogP) is 2.62. The first-order chi connectivity index (χ1) is 10.4. The van der Waals surface area contributed by atoms with Crippen LogP contribution in [0.5, 0.6) is 5.75 Å². The lowest BCUT2D eigenvalue weighted by Gasteiger charge is -2.09. The molecule has 2 aromatic rings. The second kappa shape index (κ2) is 6.38. The molecule has 1 amide bonds. The number of hydrogen-bond acceptors (Lipinski definition) is 3. The van der Waals surface area contributed by atoms with Crippen molar-refractivity contribution in [1.82, 2.24) is 5.32 Å². The van der Waals surface area contributed by atoms with E-state index in [9.17, 15) is 18.0 Å². The number of anilines is 1. The Morgan fingerprint density at radius 1 is 1.18 bits per heavy atom. The molecule has 0 saturated carbocycles. The van der Waals surface area contributed by atoms with Crippen molar-refractivity contribution in [2.45, 2.75) is 6.54 Å². The van der Waals surface area contributed by atoms with E-state index in [4.69, 9.17) is 10.5 Å². The Hall–Kier alpha value is -2.70. The first-order valence-corrected chi connectivity index (χ1v) is 6.28. The van der Waals surface area contributed by atoms with Crippen molar-refractivity contribution in [1.29, 1.82) is 0 Å². The number of methoxy groups -OCH3 is 1. The van der Waals surface area contributed by atoms with Gasteiger partial charge in [-0.05, 0) is 23.8 Å². The van der Waals surface area contributed by atoms with E-state index in [2.05, 4.69) is 5.32 Å². The molecule has 0 radical (unpaired) electrons. The maximum absolute atomic E-state index is 13.3. The molecule has 0 heterocycles. The highest BCUT2D eigenvalue weighted by atomic mass is 19.2. The molecule has 0 atom stereocenters. The fourth-order valence-electron chi connectivity index (χ4n) is 1.82. The molecular weight excluding hydrogens is 297 g/mol. The summed E-state index contributed by atoms with van der Waals surface area (Å²) in [7, 11) is 1.52. The molecule has 4 nitrogen and oxygen atoms in total. The van der Waals surface area contributed by atoms with Crippen LogP contribution in [0, 0.1) is 17.5 Å². The molecule has 0 aliphatic heterocycles. The molecule has 0 unspecified atom stereocenters. The van der Waals surface area contributed by atoms with E-state index in [1.54, 1.807) is 24.3 Å². The van der Waals surface area contributed by atoms with Gasteiger partial charge in [-0.15, -0.1) is 0 Å². The number of nitrogens with two attached hydrogens (primary N) is 1. The van der Waals surface area contributed by atoms with E-state index in [1.165, 1.54) is 7.11 Å². The zero-order valence-corrected chi connectivity index (χ0v) is 11.6. The van der Waals surface area contributed by atoms with Crippen LogP contribution < -0.4 is 15.8 Å². The number of hydrogen-bond donors (Lipinski definition) is 2. The van der Waals surface area contributed by atoms with Crippen molar-refractivity contribution in [3.63, 3.8) is 0 Å². The molecule has 0 aliphatic carbocycles. The minimum atomic E-state index is -1.70. The number of carbonyl (C=O) groups excluding carboxylic acids is 1. The highest BCUT2D eigenvalue weighted by Crippen LogP contribution is 2.22. The maximum Gasteiger partial charge on any atom is 0.253 e. The molecule has 0 spiro atoms. The average molecular weight is 310 g/mol. The summed E-state index contributed by atoms with van der Waals surface area (Å²) in [5, 5.41) is 2.45. The van der Waals surface area contributed by atoms with Gasteiger partial charge < -0.3 is 15.8 Å². The Morgan fingerprint density at radius 3 is 2.41 bits per heavy atom. The lowest BCUT2D eigenvalue weighted by molar-refractivity contribution is 0.0950. The van der Waals surface area contributed by atoms with Crippen molar-refractivity contribution in [2.75, 3.05) is 12.8 Å². The summed E-state index contributed by atoms with van der Waals surface area (Å²) in [4.78, 5) is 11.9. The summed E-state index contributed by atoms with van der Waals surface area (Å²) in [6, 6.07) is 7.40. The summed E-state index contributed by atoms with van der Waals surface area (Å²) in [6.07, 6.45) is 0. The number of nitrogens with one attached hydrogen (secondary N) is 1. The second-order valence-corrected chi connectivity index (χ2v) is 4.48. The summed E-state index contributed by atoms with van der Waals surface area (Å²) in [5.41, 5.74) is 4.86. The van der Waals surface area contributed by atoms with Crippen LogP contribution in [-0.2, 0) is 6.54 Å². The van der Waals surface area contributed by atoms with Gasteiger partial charge in [-0.3, -0.25) is 4.79 Å². The first kappa shape index (κ1) is 15.7. The Balaban J connectivity index is 2.12. The third-order valence-electron chi connectivity index (χ3n) is 3.06. The molecule has 22 heavy (non-hydrogen) atoms. The molecule has 2 rings (SSSR count). The Morgan fingerprint density at radius 2 is 1.82 bits per heavy atom. The quantitative estimate of drug-likeness (QED) is 0.674. The minimum Gasteiger partial charge on any atom is -0.497 e. The number of amides is 1. The smallest absolute Gasteiger partial charge is 0.253 e. The van der Waals surface area contributed by atoms with Gasteiger partial charge in [-0.25, -0.2) is 13.2 Å². The Kier molecular flexibility index (Phi) is 4.55. The molecule has 0 bridgehead atoms. The van der Waals surface area contributed by atoms with Gasteiger partial charge in [-0.1, -0.05) is 12.1 Å². The van der Waals surface area contributed by atoms with E-state index >= 15 is 0 Å². The van der Waals surface area contributed by atoms with Crippen molar-refractivity contribution in [2.24, 2.45) is 0 Å². The average Bonchev–Trinajstić information content (AvgIpc) is 2.54. The molecule has 0 aromatic heterocycles.